The van der Waals surface area contributed by atoms with E-state index in [0.29, 0.717) is 13.2 Å². The van der Waals surface area contributed by atoms with Gasteiger partial charge in [-0.05, 0) is 6.92 Å². The number of carbonyl (C=O) groups is 2. The predicted molar refractivity (Wildman–Crippen MR) is 59.8 cm³/mol. The average molecular weight is 242 g/mol. The summed E-state index contributed by atoms with van der Waals surface area (Å²) >= 11 is 1.48. The van der Waals surface area contributed by atoms with Crippen molar-refractivity contribution in [3.8, 4) is 0 Å². The number of hydrogen-bond donors (Lipinski definition) is 1. The molecule has 6 heteroatoms. The Morgan fingerprint density at radius 2 is 2.31 bits per heavy atom. The summed E-state index contributed by atoms with van der Waals surface area (Å²) in [7, 11) is 0. The van der Waals surface area contributed by atoms with E-state index in [1.807, 2.05) is 5.38 Å². The molecule has 0 spiro atoms. The van der Waals surface area contributed by atoms with E-state index in [9.17, 15) is 9.59 Å². The molecule has 1 N–H and O–H groups in total. The minimum absolute atomic E-state index is 0.123. The fraction of sp³-hybridized carbons (Fsp3) is 0.500. The van der Waals surface area contributed by atoms with Crippen LogP contribution >= 0.6 is 11.3 Å². The number of carbonyl (C=O) groups excluding carboxylic acids is 2. The highest BCUT2D eigenvalue weighted by Crippen LogP contribution is 2.03. The fourth-order valence-corrected chi connectivity index (χ4v) is 1.61. The summed E-state index contributed by atoms with van der Waals surface area (Å²) in [6.45, 7) is 2.50. The van der Waals surface area contributed by atoms with Gasteiger partial charge in [0.15, 0.2) is 0 Å². The van der Waals surface area contributed by atoms with E-state index >= 15 is 0 Å². The summed E-state index contributed by atoms with van der Waals surface area (Å²) < 4.78 is 4.71. The van der Waals surface area contributed by atoms with E-state index in [2.05, 4.69) is 10.3 Å². The molecular formula is C10H14N2O3S. The summed E-state index contributed by atoms with van der Waals surface area (Å²) in [5.41, 5.74) is 0. The zero-order valence-electron chi connectivity index (χ0n) is 9.06. The molecule has 1 heterocycles. The van der Waals surface area contributed by atoms with Crippen LogP contribution in [0.2, 0.25) is 0 Å². The van der Waals surface area contributed by atoms with Crippen LogP contribution in [-0.4, -0.2) is 23.5 Å². The number of ether oxygens (including phenoxy) is 1. The predicted octanol–water partition coefficient (Wildman–Crippen LogP) is 1.10. The van der Waals surface area contributed by atoms with Gasteiger partial charge in [0.1, 0.15) is 5.01 Å². The molecule has 1 amide bonds. The van der Waals surface area contributed by atoms with E-state index in [-0.39, 0.29) is 24.7 Å². The first-order valence-corrected chi connectivity index (χ1v) is 5.91. The first-order valence-electron chi connectivity index (χ1n) is 5.03. The number of hydrogen-bond acceptors (Lipinski definition) is 5. The van der Waals surface area contributed by atoms with Crippen LogP contribution in [-0.2, 0) is 20.9 Å². The Bertz CT molecular complexity index is 338. The molecule has 1 aromatic heterocycles. The summed E-state index contributed by atoms with van der Waals surface area (Å²) in [5.74, 6) is -0.504. The van der Waals surface area contributed by atoms with Crippen molar-refractivity contribution in [3.63, 3.8) is 0 Å². The number of esters is 1. The number of nitrogens with zero attached hydrogens (tertiary/aromatic N) is 1. The number of amides is 1. The third-order valence-corrected chi connectivity index (χ3v) is 2.56. The monoisotopic (exact) mass is 242 g/mol. The maximum absolute atomic E-state index is 11.3. The molecule has 0 bridgehead atoms. The van der Waals surface area contributed by atoms with Gasteiger partial charge in [-0.25, -0.2) is 4.98 Å². The van der Waals surface area contributed by atoms with Crippen LogP contribution in [0.4, 0.5) is 0 Å². The van der Waals surface area contributed by atoms with Crippen LogP contribution in [0.15, 0.2) is 11.6 Å². The highest BCUT2D eigenvalue weighted by Gasteiger charge is 2.07. The van der Waals surface area contributed by atoms with Crippen molar-refractivity contribution in [2.75, 3.05) is 6.61 Å². The van der Waals surface area contributed by atoms with Gasteiger partial charge < -0.3 is 10.1 Å². The molecule has 0 saturated carbocycles. The van der Waals surface area contributed by atoms with E-state index in [4.69, 9.17) is 4.74 Å². The molecule has 0 aliphatic heterocycles. The second-order valence-electron chi connectivity index (χ2n) is 3.01. The summed E-state index contributed by atoms with van der Waals surface area (Å²) in [4.78, 5) is 26.3. The van der Waals surface area contributed by atoms with Crippen LogP contribution in [0.1, 0.15) is 24.8 Å². The average Bonchev–Trinajstić information content (AvgIpc) is 2.77. The van der Waals surface area contributed by atoms with Crippen molar-refractivity contribution in [3.05, 3.63) is 16.6 Å². The number of nitrogens with one attached hydrogen (secondary N) is 1. The number of rotatable bonds is 6. The highest BCUT2D eigenvalue weighted by atomic mass is 32.1. The van der Waals surface area contributed by atoms with Crippen molar-refractivity contribution >= 4 is 23.2 Å². The maximum Gasteiger partial charge on any atom is 0.306 e. The van der Waals surface area contributed by atoms with E-state index in [0.717, 1.165) is 5.01 Å². The van der Waals surface area contributed by atoms with Crippen molar-refractivity contribution in [1.82, 2.24) is 10.3 Å². The molecule has 0 aromatic carbocycles. The summed E-state index contributed by atoms with van der Waals surface area (Å²) in [6.07, 6.45) is 1.96. The first-order chi connectivity index (χ1) is 7.72. The molecule has 5 nitrogen and oxygen atoms in total. The molecule has 88 valence electrons. The standard InChI is InChI=1S/C10H14N2O3S/c1-2-15-10(14)4-3-8(13)12-7-9-11-5-6-16-9/h5-6H,2-4,7H2,1H3,(H,12,13). The number of aromatic nitrogens is 1. The normalized spacial score (nSPS) is 9.81. The van der Waals surface area contributed by atoms with Crippen molar-refractivity contribution in [2.24, 2.45) is 0 Å². The summed E-state index contributed by atoms with van der Waals surface area (Å²) in [6, 6.07) is 0. The van der Waals surface area contributed by atoms with Gasteiger partial charge in [0.05, 0.1) is 19.6 Å². The smallest absolute Gasteiger partial charge is 0.306 e. The Morgan fingerprint density at radius 3 is 2.94 bits per heavy atom. The Balaban J connectivity index is 2.14. The molecule has 0 atom stereocenters. The van der Waals surface area contributed by atoms with Crippen molar-refractivity contribution in [2.45, 2.75) is 26.3 Å². The molecular weight excluding hydrogens is 228 g/mol. The first kappa shape index (κ1) is 12.6. The zero-order chi connectivity index (χ0) is 11.8. The van der Waals surface area contributed by atoms with Crippen LogP contribution in [0.25, 0.3) is 0 Å². The maximum atomic E-state index is 11.3. The second-order valence-corrected chi connectivity index (χ2v) is 3.99. The molecule has 1 rings (SSSR count). The lowest BCUT2D eigenvalue weighted by molar-refractivity contribution is -0.144. The molecule has 0 aliphatic rings. The van der Waals surface area contributed by atoms with Gasteiger partial charge in [0.2, 0.25) is 5.91 Å². The fourth-order valence-electron chi connectivity index (χ4n) is 1.05. The van der Waals surface area contributed by atoms with Gasteiger partial charge in [-0.3, -0.25) is 9.59 Å². The quantitative estimate of drug-likeness (QED) is 0.758. The molecule has 0 aliphatic carbocycles. The Labute approximate surface area is 97.8 Å². The molecule has 0 fully saturated rings. The lowest BCUT2D eigenvalue weighted by Gasteiger charge is -2.03. The van der Waals surface area contributed by atoms with Gasteiger partial charge in [-0.1, -0.05) is 0 Å². The molecule has 0 unspecified atom stereocenters. The summed E-state index contributed by atoms with van der Waals surface area (Å²) in [5, 5.41) is 5.38. The van der Waals surface area contributed by atoms with Crippen LogP contribution in [0.5, 0.6) is 0 Å². The van der Waals surface area contributed by atoms with Crippen molar-refractivity contribution < 1.29 is 14.3 Å². The molecule has 0 radical (unpaired) electrons. The van der Waals surface area contributed by atoms with E-state index < -0.39 is 0 Å². The SMILES string of the molecule is CCOC(=O)CCC(=O)NCc1nccs1. The topological polar surface area (TPSA) is 68.3 Å². The van der Waals surface area contributed by atoms with Gasteiger partial charge in [-0.2, -0.15) is 0 Å². The minimum Gasteiger partial charge on any atom is -0.466 e. The molecule has 0 saturated heterocycles. The van der Waals surface area contributed by atoms with E-state index in [1.54, 1.807) is 13.1 Å². The lowest BCUT2D eigenvalue weighted by Crippen LogP contribution is -2.23. The Hall–Kier alpha value is -1.43. The Kier molecular flexibility index (Phi) is 5.49. The van der Waals surface area contributed by atoms with Gasteiger partial charge in [0.25, 0.3) is 0 Å². The van der Waals surface area contributed by atoms with Gasteiger partial charge >= 0.3 is 5.97 Å². The van der Waals surface area contributed by atoms with Gasteiger partial charge in [-0.15, -0.1) is 11.3 Å². The molecule has 16 heavy (non-hydrogen) atoms. The van der Waals surface area contributed by atoms with Crippen LogP contribution < -0.4 is 5.32 Å². The lowest BCUT2D eigenvalue weighted by atomic mass is 10.3. The van der Waals surface area contributed by atoms with Crippen LogP contribution in [0, 0.1) is 0 Å². The van der Waals surface area contributed by atoms with E-state index in [1.165, 1.54) is 11.3 Å². The third-order valence-electron chi connectivity index (χ3n) is 1.78. The highest BCUT2D eigenvalue weighted by molar-refractivity contribution is 7.09. The largest absolute Gasteiger partial charge is 0.466 e. The number of thiazole rings is 1. The molecule has 1 aromatic rings. The third kappa shape index (κ3) is 4.88. The Morgan fingerprint density at radius 1 is 1.50 bits per heavy atom. The minimum atomic E-state index is -0.341. The zero-order valence-corrected chi connectivity index (χ0v) is 9.88. The second kappa shape index (κ2) is 6.95. The van der Waals surface area contributed by atoms with Crippen molar-refractivity contribution in [1.29, 1.82) is 0 Å². The van der Waals surface area contributed by atoms with Crippen LogP contribution in [0.3, 0.4) is 0 Å². The van der Waals surface area contributed by atoms with Gasteiger partial charge in [0, 0.05) is 18.0 Å².